The van der Waals surface area contributed by atoms with E-state index in [-0.39, 0.29) is 17.3 Å². The van der Waals surface area contributed by atoms with Crippen LogP contribution in [0.4, 0.5) is 0 Å². The van der Waals surface area contributed by atoms with Gasteiger partial charge in [0.25, 0.3) is 0 Å². The van der Waals surface area contributed by atoms with E-state index >= 15 is 0 Å². The van der Waals surface area contributed by atoms with Gasteiger partial charge >= 0.3 is 5.97 Å². The Bertz CT molecular complexity index is 851. The minimum atomic E-state index is -0.388. The van der Waals surface area contributed by atoms with Gasteiger partial charge in [-0.25, -0.2) is 4.79 Å². The smallest absolute Gasteiger partial charge is 0.337 e. The lowest BCUT2D eigenvalue weighted by molar-refractivity contribution is 0.0600. The maximum atomic E-state index is 12.6. The molecule has 0 unspecified atom stereocenters. The molecule has 1 heterocycles. The Kier molecular flexibility index (Phi) is 4.45. The van der Waals surface area contributed by atoms with Crippen LogP contribution in [0.3, 0.4) is 0 Å². The summed E-state index contributed by atoms with van der Waals surface area (Å²) in [7, 11) is 1.36. The third-order valence-electron chi connectivity index (χ3n) is 4.26. The van der Waals surface area contributed by atoms with Crippen LogP contribution in [0, 0.1) is 0 Å². The number of ketones is 1. The van der Waals surface area contributed by atoms with Crippen molar-refractivity contribution in [3.63, 3.8) is 0 Å². The van der Waals surface area contributed by atoms with E-state index in [2.05, 4.69) is 19.2 Å². The number of carbonyl (C=O) groups is 2. The highest BCUT2D eigenvalue weighted by Crippen LogP contribution is 2.31. The molecule has 0 radical (unpaired) electrons. The molecular weight excluding hydrogens is 314 g/mol. The summed E-state index contributed by atoms with van der Waals surface area (Å²) in [5, 5.41) is 3.42. The van der Waals surface area contributed by atoms with Gasteiger partial charge in [0, 0.05) is 28.4 Å². The number of nitrogens with one attached hydrogen (secondary N) is 1. The molecule has 4 nitrogen and oxygen atoms in total. The Balaban J connectivity index is 2.06. The first-order chi connectivity index (χ1) is 11.9. The van der Waals surface area contributed by atoms with Crippen LogP contribution >= 0.6 is 0 Å². The molecule has 0 atom stereocenters. The summed E-state index contributed by atoms with van der Waals surface area (Å²) >= 11 is 0. The number of methoxy groups -OCH3 is 1. The Morgan fingerprint density at radius 1 is 1.08 bits per heavy atom. The summed E-state index contributed by atoms with van der Waals surface area (Å²) in [6, 6.07) is 14.6. The molecule has 4 heteroatoms. The van der Waals surface area contributed by atoms with Crippen LogP contribution in [0.1, 0.15) is 45.7 Å². The molecule has 0 aliphatic carbocycles. The molecule has 25 heavy (non-hydrogen) atoms. The van der Waals surface area contributed by atoms with E-state index in [0.29, 0.717) is 11.1 Å². The van der Waals surface area contributed by atoms with Crippen LogP contribution < -0.4 is 5.32 Å². The highest BCUT2D eigenvalue weighted by Gasteiger charge is 2.28. The van der Waals surface area contributed by atoms with E-state index < -0.39 is 0 Å². The normalized spacial score (nSPS) is 16.7. The van der Waals surface area contributed by atoms with Crippen LogP contribution in [0.2, 0.25) is 0 Å². The summed E-state index contributed by atoms with van der Waals surface area (Å²) < 4.78 is 4.81. The molecule has 128 valence electrons. The highest BCUT2D eigenvalue weighted by atomic mass is 16.5. The van der Waals surface area contributed by atoms with Crippen LogP contribution in [0.15, 0.2) is 54.6 Å². The minimum Gasteiger partial charge on any atom is -0.465 e. The van der Waals surface area contributed by atoms with Crippen molar-refractivity contribution >= 4 is 17.4 Å². The quantitative estimate of drug-likeness (QED) is 0.529. The molecule has 1 aliphatic heterocycles. The van der Waals surface area contributed by atoms with Crippen molar-refractivity contribution in [3.8, 4) is 0 Å². The SMILES string of the molecule is COC(=O)c1ccc2c(c1)C(=CC(=O)c1ccccc1)NC(C)(C)C2. The molecule has 1 aliphatic rings. The molecule has 0 saturated heterocycles. The molecule has 2 aromatic rings. The predicted molar refractivity (Wildman–Crippen MR) is 97.4 cm³/mol. The molecule has 0 fully saturated rings. The van der Waals surface area contributed by atoms with Crippen molar-refractivity contribution in [2.45, 2.75) is 25.8 Å². The molecule has 1 N–H and O–H groups in total. The van der Waals surface area contributed by atoms with Gasteiger partial charge in [0.05, 0.1) is 12.7 Å². The first-order valence-corrected chi connectivity index (χ1v) is 8.20. The number of fused-ring (bicyclic) bond motifs is 1. The van der Waals surface area contributed by atoms with E-state index in [4.69, 9.17) is 4.74 Å². The third-order valence-corrected chi connectivity index (χ3v) is 4.26. The lowest BCUT2D eigenvalue weighted by Gasteiger charge is -2.35. The molecule has 0 bridgehead atoms. The molecule has 0 aromatic heterocycles. The maximum absolute atomic E-state index is 12.6. The third kappa shape index (κ3) is 3.63. The topological polar surface area (TPSA) is 55.4 Å². The van der Waals surface area contributed by atoms with Crippen LogP contribution in [-0.4, -0.2) is 24.4 Å². The summed E-state index contributed by atoms with van der Waals surface area (Å²) in [5.74, 6) is -0.461. The first kappa shape index (κ1) is 17.0. The Hall–Kier alpha value is -2.88. The average Bonchev–Trinajstić information content (AvgIpc) is 2.60. The van der Waals surface area contributed by atoms with Crippen molar-refractivity contribution in [1.82, 2.24) is 5.32 Å². The zero-order chi connectivity index (χ0) is 18.0. The molecule has 0 saturated carbocycles. The molecule has 3 rings (SSSR count). The molecule has 2 aromatic carbocycles. The Labute approximate surface area is 147 Å². The fourth-order valence-corrected chi connectivity index (χ4v) is 3.11. The maximum Gasteiger partial charge on any atom is 0.337 e. The van der Waals surface area contributed by atoms with Crippen molar-refractivity contribution < 1.29 is 14.3 Å². The summed E-state index contributed by atoms with van der Waals surface area (Å²) in [5.41, 5.74) is 3.62. The number of carbonyl (C=O) groups excluding carboxylic acids is 2. The second-order valence-corrected chi connectivity index (χ2v) is 6.84. The first-order valence-electron chi connectivity index (χ1n) is 8.20. The van der Waals surface area contributed by atoms with Gasteiger partial charge in [0.1, 0.15) is 0 Å². The largest absolute Gasteiger partial charge is 0.465 e. The van der Waals surface area contributed by atoms with Crippen LogP contribution in [0.5, 0.6) is 0 Å². The van der Waals surface area contributed by atoms with Gasteiger partial charge in [-0.2, -0.15) is 0 Å². The minimum absolute atomic E-state index is 0.0739. The lowest BCUT2D eigenvalue weighted by atomic mass is 9.84. The average molecular weight is 335 g/mol. The van der Waals surface area contributed by atoms with E-state index in [1.807, 2.05) is 24.3 Å². The summed E-state index contributed by atoms with van der Waals surface area (Å²) in [4.78, 5) is 24.4. The highest BCUT2D eigenvalue weighted by molar-refractivity contribution is 6.08. The summed E-state index contributed by atoms with van der Waals surface area (Å²) in [6.07, 6.45) is 2.41. The van der Waals surface area contributed by atoms with Crippen molar-refractivity contribution in [2.24, 2.45) is 0 Å². The molecular formula is C21H21NO3. The number of hydrogen-bond acceptors (Lipinski definition) is 4. The van der Waals surface area contributed by atoms with E-state index in [1.165, 1.54) is 7.11 Å². The lowest BCUT2D eigenvalue weighted by Crippen LogP contribution is -2.44. The van der Waals surface area contributed by atoms with Crippen molar-refractivity contribution in [3.05, 3.63) is 76.9 Å². The van der Waals surface area contributed by atoms with Gasteiger partial charge in [0.15, 0.2) is 5.78 Å². The monoisotopic (exact) mass is 335 g/mol. The van der Waals surface area contributed by atoms with Gasteiger partial charge in [-0.05, 0) is 38.0 Å². The van der Waals surface area contributed by atoms with E-state index in [1.54, 1.807) is 30.3 Å². The number of rotatable bonds is 3. The van der Waals surface area contributed by atoms with Crippen molar-refractivity contribution in [1.29, 1.82) is 0 Å². The Morgan fingerprint density at radius 3 is 2.48 bits per heavy atom. The zero-order valence-corrected chi connectivity index (χ0v) is 14.6. The second-order valence-electron chi connectivity index (χ2n) is 6.84. The van der Waals surface area contributed by atoms with Crippen LogP contribution in [0.25, 0.3) is 5.70 Å². The number of ether oxygens (including phenoxy) is 1. The van der Waals surface area contributed by atoms with E-state index in [9.17, 15) is 9.59 Å². The summed E-state index contributed by atoms with van der Waals surface area (Å²) in [6.45, 7) is 4.18. The molecule has 0 spiro atoms. The van der Waals surface area contributed by atoms with Gasteiger partial charge in [0.2, 0.25) is 0 Å². The number of benzene rings is 2. The fraction of sp³-hybridized carbons (Fsp3) is 0.238. The van der Waals surface area contributed by atoms with Gasteiger partial charge in [-0.1, -0.05) is 36.4 Å². The number of esters is 1. The number of allylic oxidation sites excluding steroid dienone is 1. The fourth-order valence-electron chi connectivity index (χ4n) is 3.11. The van der Waals surface area contributed by atoms with Gasteiger partial charge in [-0.3, -0.25) is 4.79 Å². The molecule has 0 amide bonds. The van der Waals surface area contributed by atoms with Crippen molar-refractivity contribution in [2.75, 3.05) is 7.11 Å². The Morgan fingerprint density at radius 2 is 1.80 bits per heavy atom. The second kappa shape index (κ2) is 6.55. The standard InChI is InChI=1S/C21H21NO3/c1-21(2)13-16-10-9-15(20(24)25-3)11-17(16)18(22-21)12-19(23)14-7-5-4-6-8-14/h4-12,22H,13H2,1-3H3. The number of hydrogen-bond donors (Lipinski definition) is 1. The predicted octanol–water partition coefficient (Wildman–Crippen LogP) is 3.62. The van der Waals surface area contributed by atoms with Gasteiger partial charge < -0.3 is 10.1 Å². The van der Waals surface area contributed by atoms with Gasteiger partial charge in [-0.15, -0.1) is 0 Å². The van der Waals surface area contributed by atoms with E-state index in [0.717, 1.165) is 23.2 Å². The van der Waals surface area contributed by atoms with Crippen LogP contribution in [-0.2, 0) is 11.2 Å². The zero-order valence-electron chi connectivity index (χ0n) is 14.6.